The Bertz CT molecular complexity index is 774. The Hall–Kier alpha value is -2.62. The van der Waals surface area contributed by atoms with Gasteiger partial charge in [-0.15, -0.1) is 0 Å². The summed E-state index contributed by atoms with van der Waals surface area (Å²) in [6, 6.07) is 18.6. The second kappa shape index (κ2) is 9.18. The Morgan fingerprint density at radius 3 is 1.54 bits per heavy atom. The van der Waals surface area contributed by atoms with Crippen LogP contribution in [0.3, 0.4) is 0 Å². The molecule has 6 heteroatoms. The van der Waals surface area contributed by atoms with E-state index in [9.17, 15) is 9.46 Å². The van der Waals surface area contributed by atoms with Crippen LogP contribution in [0, 0.1) is 13.8 Å². The van der Waals surface area contributed by atoms with Gasteiger partial charge in [0.2, 0.25) is 0 Å². The third-order valence-corrected chi connectivity index (χ3v) is 4.06. The van der Waals surface area contributed by atoms with Crippen molar-refractivity contribution in [3.05, 3.63) is 90.3 Å². The largest absolute Gasteiger partial charge is 0.736 e. The number of nitrogens with zero attached hydrogens (tertiary/aromatic N) is 1. The summed E-state index contributed by atoms with van der Waals surface area (Å²) in [5, 5.41) is 0. The lowest BCUT2D eigenvalue weighted by molar-refractivity contribution is -0.672. The zero-order valence-corrected chi connectivity index (χ0v) is 15.9. The van der Waals surface area contributed by atoms with E-state index in [2.05, 4.69) is 36.9 Å². The van der Waals surface area contributed by atoms with Crippen molar-refractivity contribution in [3.63, 3.8) is 0 Å². The van der Waals surface area contributed by atoms with Crippen molar-refractivity contribution >= 4 is 7.82 Å². The summed E-state index contributed by atoms with van der Waals surface area (Å²) < 4.78 is 23.2. The van der Waals surface area contributed by atoms with Gasteiger partial charge < -0.3 is 13.9 Å². The summed E-state index contributed by atoms with van der Waals surface area (Å²) in [7, 11) is -2.34. The zero-order valence-electron chi connectivity index (χ0n) is 15.0. The molecular formula is C20H22NO4P. The molecule has 5 nitrogen and oxygen atoms in total. The number of aryl methyl sites for hydroxylation is 3. The molecular weight excluding hydrogens is 349 g/mol. The number of para-hydroxylation sites is 2. The molecule has 2 aromatic carbocycles. The van der Waals surface area contributed by atoms with E-state index in [1.807, 2.05) is 7.05 Å². The summed E-state index contributed by atoms with van der Waals surface area (Å²) in [6.45, 7) is 4.21. The third kappa shape index (κ3) is 7.09. The minimum Gasteiger partial charge on any atom is -0.736 e. The van der Waals surface area contributed by atoms with Gasteiger partial charge in [-0.05, 0) is 44.2 Å². The van der Waals surface area contributed by atoms with Crippen LogP contribution in [0.4, 0.5) is 0 Å². The van der Waals surface area contributed by atoms with Crippen molar-refractivity contribution in [2.24, 2.45) is 7.05 Å². The first kappa shape index (κ1) is 19.7. The van der Waals surface area contributed by atoms with Crippen LogP contribution in [0.1, 0.15) is 11.1 Å². The molecule has 0 radical (unpaired) electrons. The molecule has 0 aliphatic carbocycles. The van der Waals surface area contributed by atoms with Gasteiger partial charge in [0, 0.05) is 11.1 Å². The molecule has 0 unspecified atom stereocenters. The van der Waals surface area contributed by atoms with Crippen molar-refractivity contribution in [2.45, 2.75) is 13.8 Å². The molecule has 3 rings (SSSR count). The lowest BCUT2D eigenvalue weighted by Crippen LogP contribution is -2.27. The second-order valence-corrected chi connectivity index (χ2v) is 7.07. The van der Waals surface area contributed by atoms with Gasteiger partial charge in [-0.2, -0.15) is 0 Å². The average molecular weight is 371 g/mol. The maximum atomic E-state index is 11.6. The molecule has 136 valence electrons. The molecule has 0 saturated heterocycles. The third-order valence-electron chi connectivity index (χ3n) is 3.19. The standard InChI is InChI=1S/C12H11O4P.C8H12N/c13-17(14,15-11-7-3-1-4-8-11)16-12-9-5-2-6-10-12;1-7-4-8(2)6-9(3)5-7/h1-10H,(H,13,14);4-6H,1-3H3/q;+1/p-1. The first-order valence-electron chi connectivity index (χ1n) is 8.08. The molecule has 0 amide bonds. The van der Waals surface area contributed by atoms with Crippen molar-refractivity contribution < 1.29 is 23.1 Å². The minimum absolute atomic E-state index is 0.224. The topological polar surface area (TPSA) is 62.5 Å². The van der Waals surface area contributed by atoms with E-state index in [4.69, 9.17) is 9.05 Å². The lowest BCUT2D eigenvalue weighted by atomic mass is 10.2. The predicted molar refractivity (Wildman–Crippen MR) is 98.8 cm³/mol. The molecule has 0 aliphatic rings. The SMILES string of the molecule is Cc1cc(C)c[n+](C)c1.O=P([O-])(Oc1ccccc1)Oc1ccccc1. The maximum Gasteiger partial charge on any atom is 0.372 e. The average Bonchev–Trinajstić information content (AvgIpc) is 2.55. The Morgan fingerprint density at radius 1 is 0.808 bits per heavy atom. The van der Waals surface area contributed by atoms with Gasteiger partial charge in [-0.3, -0.25) is 0 Å². The highest BCUT2D eigenvalue weighted by atomic mass is 31.2. The van der Waals surface area contributed by atoms with Crippen LogP contribution < -0.4 is 18.5 Å². The normalized spacial score (nSPS) is 10.5. The Balaban J connectivity index is 0.000000228. The highest BCUT2D eigenvalue weighted by molar-refractivity contribution is 7.46. The van der Waals surface area contributed by atoms with E-state index in [1.165, 1.54) is 11.1 Å². The van der Waals surface area contributed by atoms with Crippen LogP contribution in [-0.2, 0) is 11.6 Å². The van der Waals surface area contributed by atoms with Crippen LogP contribution in [0.2, 0.25) is 0 Å². The highest BCUT2D eigenvalue weighted by Gasteiger charge is 2.12. The number of benzene rings is 2. The Kier molecular flexibility index (Phi) is 6.96. The molecule has 26 heavy (non-hydrogen) atoms. The van der Waals surface area contributed by atoms with E-state index in [0.29, 0.717) is 0 Å². The van der Waals surface area contributed by atoms with Gasteiger partial charge >= 0.3 is 7.82 Å². The number of hydrogen-bond acceptors (Lipinski definition) is 4. The number of aromatic nitrogens is 1. The molecule has 0 spiro atoms. The molecule has 0 aliphatic heterocycles. The fraction of sp³-hybridized carbons (Fsp3) is 0.150. The summed E-state index contributed by atoms with van der Waals surface area (Å²) in [4.78, 5) is 11.6. The van der Waals surface area contributed by atoms with Crippen molar-refractivity contribution in [1.82, 2.24) is 0 Å². The minimum atomic E-state index is -4.39. The molecule has 0 fully saturated rings. The first-order valence-corrected chi connectivity index (χ1v) is 9.54. The number of hydrogen-bond donors (Lipinski definition) is 0. The van der Waals surface area contributed by atoms with E-state index in [0.717, 1.165) is 0 Å². The van der Waals surface area contributed by atoms with Crippen LogP contribution in [-0.4, -0.2) is 0 Å². The second-order valence-electron chi connectivity index (χ2n) is 5.81. The van der Waals surface area contributed by atoms with Crippen LogP contribution in [0.5, 0.6) is 11.5 Å². The zero-order chi connectivity index (χ0) is 19.0. The van der Waals surface area contributed by atoms with Crippen LogP contribution >= 0.6 is 7.82 Å². The highest BCUT2D eigenvalue weighted by Crippen LogP contribution is 2.40. The van der Waals surface area contributed by atoms with E-state index >= 15 is 0 Å². The van der Waals surface area contributed by atoms with Gasteiger partial charge in [-0.1, -0.05) is 36.4 Å². The molecule has 1 heterocycles. The molecule has 0 saturated carbocycles. The van der Waals surface area contributed by atoms with E-state index < -0.39 is 7.82 Å². The molecule has 0 atom stereocenters. The predicted octanol–water partition coefficient (Wildman–Crippen LogP) is 3.74. The van der Waals surface area contributed by atoms with Gasteiger partial charge in [0.1, 0.15) is 18.5 Å². The summed E-state index contributed by atoms with van der Waals surface area (Å²) in [6.07, 6.45) is 4.21. The van der Waals surface area contributed by atoms with E-state index in [-0.39, 0.29) is 11.5 Å². The van der Waals surface area contributed by atoms with Crippen molar-refractivity contribution in [1.29, 1.82) is 0 Å². The fourth-order valence-corrected chi connectivity index (χ4v) is 3.15. The summed E-state index contributed by atoms with van der Waals surface area (Å²) in [5.74, 6) is 0.448. The van der Waals surface area contributed by atoms with Gasteiger partial charge in [-0.25, -0.2) is 9.13 Å². The molecule has 1 aromatic heterocycles. The van der Waals surface area contributed by atoms with Crippen molar-refractivity contribution in [2.75, 3.05) is 0 Å². The van der Waals surface area contributed by atoms with E-state index in [1.54, 1.807) is 60.7 Å². The first-order chi connectivity index (χ1) is 12.3. The van der Waals surface area contributed by atoms with Crippen LogP contribution in [0.15, 0.2) is 79.1 Å². The quantitative estimate of drug-likeness (QED) is 0.518. The van der Waals surface area contributed by atoms with Gasteiger partial charge in [0.05, 0.1) is 0 Å². The summed E-state index contributed by atoms with van der Waals surface area (Å²) >= 11 is 0. The van der Waals surface area contributed by atoms with Crippen molar-refractivity contribution in [3.8, 4) is 11.5 Å². The number of rotatable bonds is 4. The Morgan fingerprint density at radius 2 is 1.19 bits per heavy atom. The maximum absolute atomic E-state index is 11.6. The van der Waals surface area contributed by atoms with Crippen LogP contribution in [0.25, 0.3) is 0 Å². The molecule has 3 aromatic rings. The fourth-order valence-electron chi connectivity index (χ4n) is 2.35. The number of phosphoric ester groups is 1. The Labute approximate surface area is 154 Å². The van der Waals surface area contributed by atoms with Gasteiger partial charge in [0.25, 0.3) is 0 Å². The number of pyridine rings is 1. The monoisotopic (exact) mass is 371 g/mol. The summed E-state index contributed by atoms with van der Waals surface area (Å²) in [5.41, 5.74) is 2.63. The van der Waals surface area contributed by atoms with Gasteiger partial charge in [0.15, 0.2) is 12.4 Å². The molecule has 0 N–H and O–H groups in total. The lowest BCUT2D eigenvalue weighted by Gasteiger charge is -2.23. The smallest absolute Gasteiger partial charge is 0.372 e. The molecule has 0 bridgehead atoms. The number of phosphoric acid groups is 1.